The summed E-state index contributed by atoms with van der Waals surface area (Å²) in [7, 11) is 0. The molecule has 184 valence electrons. The van der Waals surface area contributed by atoms with Gasteiger partial charge in [-0.1, -0.05) is 18.2 Å². The Morgan fingerprint density at radius 1 is 1.03 bits per heavy atom. The van der Waals surface area contributed by atoms with E-state index < -0.39 is 0 Å². The number of nitrogens with zero attached hydrogens (tertiary/aromatic N) is 6. The number of amides is 1. The van der Waals surface area contributed by atoms with Crippen molar-refractivity contribution in [3.63, 3.8) is 0 Å². The van der Waals surface area contributed by atoms with Crippen LogP contribution in [0.15, 0.2) is 61.2 Å². The number of aliphatic hydroxyl groups is 1. The normalized spacial score (nSPS) is 14.0. The Bertz CT molecular complexity index is 1360. The van der Waals surface area contributed by atoms with Crippen molar-refractivity contribution in [2.75, 3.05) is 28.6 Å². The summed E-state index contributed by atoms with van der Waals surface area (Å²) in [6.07, 6.45) is 6.08. The lowest BCUT2D eigenvalue weighted by atomic mass is 10.1. The minimum atomic E-state index is -0.301. The molecular formula is C26H28N8O2. The van der Waals surface area contributed by atoms with E-state index in [9.17, 15) is 9.90 Å². The van der Waals surface area contributed by atoms with Crippen LogP contribution in [0, 0.1) is 13.8 Å². The van der Waals surface area contributed by atoms with Crippen LogP contribution in [-0.2, 0) is 0 Å². The second-order valence-corrected chi connectivity index (χ2v) is 8.93. The Morgan fingerprint density at radius 3 is 2.58 bits per heavy atom. The Morgan fingerprint density at radius 2 is 1.83 bits per heavy atom. The van der Waals surface area contributed by atoms with Crippen LogP contribution in [0.4, 0.5) is 23.3 Å². The van der Waals surface area contributed by atoms with E-state index in [0.717, 1.165) is 22.5 Å². The molecule has 1 amide bonds. The van der Waals surface area contributed by atoms with Gasteiger partial charge in [-0.3, -0.25) is 9.36 Å². The summed E-state index contributed by atoms with van der Waals surface area (Å²) in [5, 5.41) is 16.1. The van der Waals surface area contributed by atoms with Crippen molar-refractivity contribution in [3.05, 3.63) is 77.9 Å². The quantitative estimate of drug-likeness (QED) is 0.379. The van der Waals surface area contributed by atoms with Crippen LogP contribution < -0.4 is 15.5 Å². The summed E-state index contributed by atoms with van der Waals surface area (Å²) < 4.78 is 1.72. The fourth-order valence-electron chi connectivity index (χ4n) is 4.05. The van der Waals surface area contributed by atoms with Gasteiger partial charge in [-0.25, -0.2) is 4.98 Å². The molecule has 0 unspecified atom stereocenters. The van der Waals surface area contributed by atoms with Gasteiger partial charge < -0.3 is 20.6 Å². The fraction of sp³-hybridized carbons (Fsp3) is 0.269. The number of rotatable bonds is 6. The van der Waals surface area contributed by atoms with E-state index in [1.165, 1.54) is 0 Å². The lowest BCUT2D eigenvalue weighted by molar-refractivity contribution is 0.102. The maximum absolute atomic E-state index is 12.9. The molecule has 3 heterocycles. The van der Waals surface area contributed by atoms with Crippen molar-refractivity contribution < 1.29 is 9.90 Å². The molecule has 2 aromatic carbocycles. The molecule has 10 nitrogen and oxygen atoms in total. The molecule has 1 fully saturated rings. The highest BCUT2D eigenvalue weighted by Gasteiger charge is 2.21. The van der Waals surface area contributed by atoms with Crippen molar-refractivity contribution in [2.24, 2.45) is 0 Å². The Kier molecular flexibility index (Phi) is 6.59. The number of nitrogens with one attached hydrogen (secondary N) is 2. The van der Waals surface area contributed by atoms with Crippen molar-refractivity contribution in [1.29, 1.82) is 0 Å². The van der Waals surface area contributed by atoms with Gasteiger partial charge >= 0.3 is 0 Å². The zero-order chi connectivity index (χ0) is 25.1. The van der Waals surface area contributed by atoms with E-state index in [4.69, 9.17) is 0 Å². The number of aryl methyl sites for hydroxylation is 2. The van der Waals surface area contributed by atoms with Gasteiger partial charge in [0, 0.05) is 42.4 Å². The topological polar surface area (TPSA) is 121 Å². The molecule has 1 aliphatic heterocycles. The van der Waals surface area contributed by atoms with Crippen molar-refractivity contribution in [3.8, 4) is 5.95 Å². The third-order valence-corrected chi connectivity index (χ3v) is 6.12. The first-order valence-corrected chi connectivity index (χ1v) is 11.9. The zero-order valence-corrected chi connectivity index (χ0v) is 20.2. The molecule has 36 heavy (non-hydrogen) atoms. The van der Waals surface area contributed by atoms with Crippen molar-refractivity contribution >= 4 is 29.2 Å². The third-order valence-electron chi connectivity index (χ3n) is 6.12. The minimum Gasteiger partial charge on any atom is -0.393 e. The first-order valence-electron chi connectivity index (χ1n) is 11.9. The molecule has 0 bridgehead atoms. The van der Waals surface area contributed by atoms with Gasteiger partial charge in [0.25, 0.3) is 5.91 Å². The predicted octanol–water partition coefficient (Wildman–Crippen LogP) is 3.63. The second-order valence-electron chi connectivity index (χ2n) is 8.93. The standard InChI is InChI=1S/C26H28N8O2/c1-17-4-3-5-20(14-17)28-23(36)19-7-6-18(2)22(15-19)29-24-30-25(33-11-8-21(35)9-12-33)32-26(31-24)34-13-10-27-16-34/h3-7,10,13-16,21,35H,8-9,11-12H2,1-2H3,(H,28,36)(H,29,30,31,32). The van der Waals surface area contributed by atoms with Gasteiger partial charge in [0.2, 0.25) is 17.8 Å². The minimum absolute atomic E-state index is 0.203. The highest BCUT2D eigenvalue weighted by atomic mass is 16.3. The molecule has 10 heteroatoms. The maximum atomic E-state index is 12.9. The summed E-state index contributed by atoms with van der Waals surface area (Å²) in [5.74, 6) is 1.10. The number of carbonyl (C=O) groups excluding carboxylic acids is 1. The third kappa shape index (κ3) is 5.33. The predicted molar refractivity (Wildman–Crippen MR) is 138 cm³/mol. The molecule has 2 aromatic heterocycles. The smallest absolute Gasteiger partial charge is 0.255 e. The van der Waals surface area contributed by atoms with Crippen LogP contribution in [0.5, 0.6) is 0 Å². The average molecular weight is 485 g/mol. The lowest BCUT2D eigenvalue weighted by Crippen LogP contribution is -2.37. The van der Waals surface area contributed by atoms with E-state index in [1.54, 1.807) is 35.4 Å². The molecule has 0 atom stereocenters. The monoisotopic (exact) mass is 484 g/mol. The van der Waals surface area contributed by atoms with E-state index in [0.29, 0.717) is 49.3 Å². The first-order chi connectivity index (χ1) is 17.4. The van der Waals surface area contributed by atoms with E-state index in [-0.39, 0.29) is 12.0 Å². The Hall–Kier alpha value is -4.31. The van der Waals surface area contributed by atoms with Crippen LogP contribution >= 0.6 is 0 Å². The summed E-state index contributed by atoms with van der Waals surface area (Å²) in [4.78, 5) is 32.9. The first kappa shape index (κ1) is 23.4. The molecule has 4 aromatic rings. The summed E-state index contributed by atoms with van der Waals surface area (Å²) >= 11 is 0. The summed E-state index contributed by atoms with van der Waals surface area (Å²) in [5.41, 5.74) is 3.98. The van der Waals surface area contributed by atoms with Crippen LogP contribution in [0.25, 0.3) is 5.95 Å². The van der Waals surface area contributed by atoms with E-state index in [1.807, 2.05) is 49.1 Å². The molecule has 0 spiro atoms. The number of aliphatic hydroxyl groups excluding tert-OH is 1. The number of carbonyl (C=O) groups is 1. The van der Waals surface area contributed by atoms with Crippen LogP contribution in [0.3, 0.4) is 0 Å². The fourth-order valence-corrected chi connectivity index (χ4v) is 4.05. The SMILES string of the molecule is Cc1cccc(NC(=O)c2ccc(C)c(Nc3nc(N4CCC(O)CC4)nc(-n4ccnc4)n3)c2)c1. The molecule has 1 saturated heterocycles. The summed E-state index contributed by atoms with van der Waals surface area (Å²) in [6.45, 7) is 5.25. The molecule has 0 aliphatic carbocycles. The molecule has 1 aliphatic rings. The number of piperidine rings is 1. The number of anilines is 4. The highest BCUT2D eigenvalue weighted by molar-refractivity contribution is 6.05. The van der Waals surface area contributed by atoms with Gasteiger partial charge in [0.1, 0.15) is 6.33 Å². The number of hydrogen-bond acceptors (Lipinski definition) is 8. The van der Waals surface area contributed by atoms with Gasteiger partial charge in [-0.05, 0) is 62.1 Å². The number of aromatic nitrogens is 5. The Labute approximate surface area is 209 Å². The molecular weight excluding hydrogens is 456 g/mol. The number of benzene rings is 2. The van der Waals surface area contributed by atoms with Crippen molar-refractivity contribution in [2.45, 2.75) is 32.8 Å². The number of hydrogen-bond donors (Lipinski definition) is 3. The molecule has 3 N–H and O–H groups in total. The van der Waals surface area contributed by atoms with Gasteiger partial charge in [-0.15, -0.1) is 0 Å². The Balaban J connectivity index is 1.43. The molecule has 5 rings (SSSR count). The lowest BCUT2D eigenvalue weighted by Gasteiger charge is -2.29. The van der Waals surface area contributed by atoms with Gasteiger partial charge in [-0.2, -0.15) is 15.0 Å². The number of imidazole rings is 1. The maximum Gasteiger partial charge on any atom is 0.255 e. The van der Waals surface area contributed by atoms with Crippen LogP contribution in [0.1, 0.15) is 34.3 Å². The van der Waals surface area contributed by atoms with E-state index >= 15 is 0 Å². The average Bonchev–Trinajstić information content (AvgIpc) is 3.41. The van der Waals surface area contributed by atoms with Crippen molar-refractivity contribution in [1.82, 2.24) is 24.5 Å². The van der Waals surface area contributed by atoms with Crippen LogP contribution in [0.2, 0.25) is 0 Å². The van der Waals surface area contributed by atoms with E-state index in [2.05, 4.69) is 30.6 Å². The van der Waals surface area contributed by atoms with Gasteiger partial charge in [0.05, 0.1) is 6.10 Å². The highest BCUT2D eigenvalue weighted by Crippen LogP contribution is 2.24. The largest absolute Gasteiger partial charge is 0.393 e. The summed E-state index contributed by atoms with van der Waals surface area (Å²) in [6, 6.07) is 13.1. The second kappa shape index (κ2) is 10.1. The molecule has 0 saturated carbocycles. The molecule has 0 radical (unpaired) electrons. The van der Waals surface area contributed by atoms with Crippen LogP contribution in [-0.4, -0.2) is 54.7 Å². The van der Waals surface area contributed by atoms with Gasteiger partial charge in [0.15, 0.2) is 0 Å². The zero-order valence-electron chi connectivity index (χ0n) is 20.2.